The van der Waals surface area contributed by atoms with Crippen LogP contribution in [-0.4, -0.2) is 40.8 Å². The Bertz CT molecular complexity index is 1550. The summed E-state index contributed by atoms with van der Waals surface area (Å²) >= 11 is 0. The first-order valence-corrected chi connectivity index (χ1v) is 14.2. The zero-order valence-corrected chi connectivity index (χ0v) is 23.1. The normalized spacial score (nSPS) is 13.6. The summed E-state index contributed by atoms with van der Waals surface area (Å²) in [6.07, 6.45) is 2.60. The molecule has 1 aliphatic heterocycles. The molecule has 0 spiro atoms. The minimum atomic E-state index is 0.265. The lowest BCUT2D eigenvalue weighted by Gasteiger charge is -2.15. The molecule has 5 nitrogen and oxygen atoms in total. The van der Waals surface area contributed by atoms with Gasteiger partial charge in [-0.2, -0.15) is 0 Å². The summed E-state index contributed by atoms with van der Waals surface area (Å²) in [6, 6.07) is 32.5. The van der Waals surface area contributed by atoms with Crippen LogP contribution in [0.1, 0.15) is 29.5 Å². The Morgan fingerprint density at radius 1 is 0.750 bits per heavy atom. The third kappa shape index (κ3) is 5.85. The van der Waals surface area contributed by atoms with Crippen LogP contribution in [0.15, 0.2) is 97.1 Å². The number of hydrogen-bond donors (Lipinski definition) is 1. The minimum Gasteiger partial charge on any atom is -0.508 e. The van der Waals surface area contributed by atoms with Gasteiger partial charge >= 0.3 is 0 Å². The van der Waals surface area contributed by atoms with Crippen molar-refractivity contribution < 1.29 is 14.6 Å². The van der Waals surface area contributed by atoms with E-state index in [1.54, 1.807) is 12.1 Å². The van der Waals surface area contributed by atoms with Crippen LogP contribution in [0, 0.1) is 6.92 Å². The molecule has 0 aliphatic carbocycles. The number of ether oxygens (including phenoxy) is 2. The van der Waals surface area contributed by atoms with Crippen LogP contribution in [0.25, 0.3) is 22.2 Å². The smallest absolute Gasteiger partial charge is 0.120 e. The number of likely N-dealkylation sites (tertiary alicyclic amines) is 1. The van der Waals surface area contributed by atoms with Gasteiger partial charge in [0.05, 0.1) is 5.69 Å². The van der Waals surface area contributed by atoms with Crippen LogP contribution in [0.3, 0.4) is 0 Å². The summed E-state index contributed by atoms with van der Waals surface area (Å²) in [5.74, 6) is 2.03. The molecule has 0 bridgehead atoms. The topological polar surface area (TPSA) is 46.9 Å². The molecule has 0 saturated carbocycles. The number of benzene rings is 4. The van der Waals surface area contributed by atoms with Gasteiger partial charge in [0, 0.05) is 24.0 Å². The van der Waals surface area contributed by atoms with E-state index in [0.717, 1.165) is 58.9 Å². The second kappa shape index (κ2) is 11.9. The highest BCUT2D eigenvalue weighted by Crippen LogP contribution is 2.36. The number of nitrogens with zero attached hydrogens (tertiary/aromatic N) is 2. The molecule has 5 aromatic rings. The Morgan fingerprint density at radius 2 is 1.48 bits per heavy atom. The molecule has 5 heteroatoms. The van der Waals surface area contributed by atoms with Crippen molar-refractivity contribution in [3.8, 4) is 28.5 Å². The van der Waals surface area contributed by atoms with Crippen molar-refractivity contribution in [3.05, 3.63) is 114 Å². The largest absolute Gasteiger partial charge is 0.508 e. The van der Waals surface area contributed by atoms with E-state index in [4.69, 9.17) is 9.47 Å². The SMILES string of the molecule is Cc1c(-c2ccc(O)cc2)n(Cc2ccc(OCCN3CCCC3)cc2)c2ccc(OCc3ccccc3)cc12. The van der Waals surface area contributed by atoms with E-state index >= 15 is 0 Å². The Balaban J connectivity index is 1.26. The number of phenolic OH excluding ortho intramolecular Hbond substituents is 1. The Kier molecular flexibility index (Phi) is 7.73. The van der Waals surface area contributed by atoms with Crippen LogP contribution in [0.5, 0.6) is 17.2 Å². The molecule has 1 saturated heterocycles. The molecule has 0 radical (unpaired) electrons. The van der Waals surface area contributed by atoms with Crippen molar-refractivity contribution in [2.24, 2.45) is 0 Å². The molecule has 6 rings (SSSR count). The van der Waals surface area contributed by atoms with E-state index in [1.165, 1.54) is 37.1 Å². The maximum Gasteiger partial charge on any atom is 0.120 e. The predicted molar refractivity (Wildman–Crippen MR) is 161 cm³/mol. The standard InChI is InChI=1S/C35H36N2O3/c1-26-33-23-32(40-25-28-7-3-2-4-8-28)17-18-34(33)37(35(26)29-11-13-30(38)14-12-29)24-27-9-15-31(16-10-27)39-22-21-36-19-5-6-20-36/h2-4,7-18,23,38H,5-6,19-22,24-25H2,1H3. The zero-order chi connectivity index (χ0) is 27.3. The first-order valence-electron chi connectivity index (χ1n) is 14.2. The van der Waals surface area contributed by atoms with E-state index in [0.29, 0.717) is 6.61 Å². The average molecular weight is 533 g/mol. The first-order chi connectivity index (χ1) is 19.6. The lowest BCUT2D eigenvalue weighted by atomic mass is 10.1. The van der Waals surface area contributed by atoms with Crippen molar-refractivity contribution in [2.45, 2.75) is 32.9 Å². The number of aromatic nitrogens is 1. The van der Waals surface area contributed by atoms with Gasteiger partial charge in [-0.25, -0.2) is 0 Å². The highest BCUT2D eigenvalue weighted by molar-refractivity contribution is 5.92. The Morgan fingerprint density at radius 3 is 2.23 bits per heavy atom. The summed E-state index contributed by atoms with van der Waals surface area (Å²) in [7, 11) is 0. The third-order valence-electron chi connectivity index (χ3n) is 7.82. The predicted octanol–water partition coefficient (Wildman–Crippen LogP) is 7.42. The van der Waals surface area contributed by atoms with E-state index < -0.39 is 0 Å². The van der Waals surface area contributed by atoms with E-state index in [1.807, 2.05) is 30.3 Å². The fourth-order valence-electron chi connectivity index (χ4n) is 5.66. The summed E-state index contributed by atoms with van der Waals surface area (Å²) in [5, 5.41) is 11.1. The average Bonchev–Trinajstić information content (AvgIpc) is 3.60. The lowest BCUT2D eigenvalue weighted by molar-refractivity contribution is 0.238. The number of rotatable bonds is 10. The van der Waals surface area contributed by atoms with E-state index in [9.17, 15) is 5.11 Å². The van der Waals surface area contributed by atoms with Gasteiger partial charge in [0.1, 0.15) is 30.5 Å². The molecular weight excluding hydrogens is 496 g/mol. The van der Waals surface area contributed by atoms with Gasteiger partial charge in [-0.05, 0) is 110 Å². The highest BCUT2D eigenvalue weighted by Gasteiger charge is 2.17. The number of phenols is 1. The zero-order valence-electron chi connectivity index (χ0n) is 23.1. The maximum atomic E-state index is 9.92. The van der Waals surface area contributed by atoms with Crippen molar-refractivity contribution in [2.75, 3.05) is 26.2 Å². The molecule has 1 N–H and O–H groups in total. The van der Waals surface area contributed by atoms with Crippen LogP contribution >= 0.6 is 0 Å². The molecule has 204 valence electrons. The van der Waals surface area contributed by atoms with Crippen LogP contribution in [-0.2, 0) is 13.2 Å². The van der Waals surface area contributed by atoms with Crippen LogP contribution in [0.4, 0.5) is 0 Å². The number of aromatic hydroxyl groups is 1. The number of aryl methyl sites for hydroxylation is 1. The third-order valence-corrected chi connectivity index (χ3v) is 7.82. The quantitative estimate of drug-likeness (QED) is 0.203. The molecule has 1 aliphatic rings. The van der Waals surface area contributed by atoms with E-state index in [2.05, 4.69) is 71.0 Å². The van der Waals surface area contributed by atoms with Gasteiger partial charge in [0.2, 0.25) is 0 Å². The van der Waals surface area contributed by atoms with Crippen molar-refractivity contribution in [1.29, 1.82) is 0 Å². The van der Waals surface area contributed by atoms with Crippen LogP contribution in [0.2, 0.25) is 0 Å². The summed E-state index contributed by atoms with van der Waals surface area (Å²) in [4.78, 5) is 2.47. The molecule has 1 fully saturated rings. The highest BCUT2D eigenvalue weighted by atomic mass is 16.5. The van der Waals surface area contributed by atoms with Crippen molar-refractivity contribution in [3.63, 3.8) is 0 Å². The molecule has 0 atom stereocenters. The summed E-state index contributed by atoms with van der Waals surface area (Å²) in [6.45, 7) is 7.51. The summed E-state index contributed by atoms with van der Waals surface area (Å²) < 4.78 is 14.6. The molecule has 4 aromatic carbocycles. The second-order valence-corrected chi connectivity index (χ2v) is 10.6. The second-order valence-electron chi connectivity index (χ2n) is 10.6. The van der Waals surface area contributed by atoms with Crippen molar-refractivity contribution >= 4 is 10.9 Å². The van der Waals surface area contributed by atoms with E-state index in [-0.39, 0.29) is 5.75 Å². The molecule has 0 amide bonds. The molecule has 2 heterocycles. The monoisotopic (exact) mass is 532 g/mol. The fourth-order valence-corrected chi connectivity index (χ4v) is 5.66. The van der Waals surface area contributed by atoms with Gasteiger partial charge in [0.15, 0.2) is 0 Å². The molecule has 0 unspecified atom stereocenters. The lowest BCUT2D eigenvalue weighted by Crippen LogP contribution is -2.25. The maximum absolute atomic E-state index is 9.92. The van der Waals surface area contributed by atoms with Gasteiger partial charge < -0.3 is 19.1 Å². The van der Waals surface area contributed by atoms with Gasteiger partial charge in [-0.1, -0.05) is 42.5 Å². The van der Waals surface area contributed by atoms with Crippen molar-refractivity contribution in [1.82, 2.24) is 9.47 Å². The van der Waals surface area contributed by atoms with Gasteiger partial charge in [-0.15, -0.1) is 0 Å². The Hall–Kier alpha value is -4.22. The fraction of sp³-hybridized carbons (Fsp3) is 0.257. The minimum absolute atomic E-state index is 0.265. The number of fused-ring (bicyclic) bond motifs is 1. The summed E-state index contributed by atoms with van der Waals surface area (Å²) in [5.41, 5.74) is 6.89. The van der Waals surface area contributed by atoms with Gasteiger partial charge in [-0.3, -0.25) is 4.90 Å². The Labute approximate surface area is 236 Å². The molecular formula is C35H36N2O3. The molecule has 40 heavy (non-hydrogen) atoms. The van der Waals surface area contributed by atoms with Gasteiger partial charge in [0.25, 0.3) is 0 Å². The van der Waals surface area contributed by atoms with Crippen LogP contribution < -0.4 is 9.47 Å². The number of hydrogen-bond acceptors (Lipinski definition) is 4. The molecule has 1 aromatic heterocycles. The first kappa shape index (κ1) is 26.0.